The zero-order valence-electron chi connectivity index (χ0n) is 13.8. The van der Waals surface area contributed by atoms with Crippen LogP contribution in [0.15, 0.2) is 42.6 Å². The first kappa shape index (κ1) is 17.0. The number of aromatic nitrogens is 1. The summed E-state index contributed by atoms with van der Waals surface area (Å²) in [5, 5.41) is 5.82. The molecule has 1 amide bonds. The molecule has 0 aliphatic carbocycles. The lowest BCUT2D eigenvalue weighted by Gasteiger charge is -2.12. The van der Waals surface area contributed by atoms with Gasteiger partial charge in [-0.1, -0.05) is 26.0 Å². The first-order valence-corrected chi connectivity index (χ1v) is 7.80. The Kier molecular flexibility index (Phi) is 6.11. The Bertz CT molecular complexity index is 641. The molecule has 1 heterocycles. The Morgan fingerprint density at radius 2 is 2.13 bits per heavy atom. The normalized spacial score (nSPS) is 11.8. The van der Waals surface area contributed by atoms with Gasteiger partial charge in [0.2, 0.25) is 11.8 Å². The van der Waals surface area contributed by atoms with E-state index in [0.717, 1.165) is 12.2 Å². The van der Waals surface area contributed by atoms with Crippen molar-refractivity contribution in [2.24, 2.45) is 5.92 Å². The SMILES string of the molecule is CCc1cccc(Oc2ccc(NC(=O)C(C)CNC)cn2)c1. The highest BCUT2D eigenvalue weighted by atomic mass is 16.5. The Balaban J connectivity index is 1.97. The van der Waals surface area contributed by atoms with Gasteiger partial charge in [0.15, 0.2) is 0 Å². The van der Waals surface area contributed by atoms with Crippen LogP contribution >= 0.6 is 0 Å². The number of pyridine rings is 1. The third kappa shape index (κ3) is 5.07. The molecule has 0 aliphatic rings. The van der Waals surface area contributed by atoms with Crippen LogP contribution in [-0.4, -0.2) is 24.5 Å². The molecule has 5 heteroatoms. The van der Waals surface area contributed by atoms with Crippen molar-refractivity contribution in [1.82, 2.24) is 10.3 Å². The molecular formula is C18H23N3O2. The monoisotopic (exact) mass is 313 g/mol. The molecule has 5 nitrogen and oxygen atoms in total. The standard InChI is InChI=1S/C18H23N3O2/c1-4-14-6-5-7-16(10-14)23-17-9-8-15(12-20-17)21-18(22)13(2)11-19-3/h5-10,12-13,19H,4,11H2,1-3H3,(H,21,22). The molecule has 122 valence electrons. The fourth-order valence-electron chi connectivity index (χ4n) is 2.13. The van der Waals surface area contributed by atoms with Crippen molar-refractivity contribution in [3.63, 3.8) is 0 Å². The Morgan fingerprint density at radius 3 is 2.78 bits per heavy atom. The summed E-state index contributed by atoms with van der Waals surface area (Å²) < 4.78 is 5.73. The average Bonchev–Trinajstić information content (AvgIpc) is 2.57. The van der Waals surface area contributed by atoms with Crippen LogP contribution < -0.4 is 15.4 Å². The molecule has 2 aromatic rings. The van der Waals surface area contributed by atoms with Gasteiger partial charge in [-0.3, -0.25) is 4.79 Å². The summed E-state index contributed by atoms with van der Waals surface area (Å²) >= 11 is 0. The molecular weight excluding hydrogens is 290 g/mol. The molecule has 0 fully saturated rings. The van der Waals surface area contributed by atoms with Crippen LogP contribution in [0.2, 0.25) is 0 Å². The number of amides is 1. The lowest BCUT2D eigenvalue weighted by atomic mass is 10.1. The number of aryl methyl sites for hydroxylation is 1. The van der Waals surface area contributed by atoms with Gasteiger partial charge in [-0.05, 0) is 37.2 Å². The Hall–Kier alpha value is -2.40. The van der Waals surface area contributed by atoms with E-state index in [4.69, 9.17) is 4.74 Å². The van der Waals surface area contributed by atoms with E-state index in [1.807, 2.05) is 32.2 Å². The number of nitrogens with one attached hydrogen (secondary N) is 2. The van der Waals surface area contributed by atoms with Gasteiger partial charge in [0.25, 0.3) is 0 Å². The van der Waals surface area contributed by atoms with E-state index in [1.54, 1.807) is 18.3 Å². The summed E-state index contributed by atoms with van der Waals surface area (Å²) in [4.78, 5) is 16.2. The van der Waals surface area contributed by atoms with Gasteiger partial charge < -0.3 is 15.4 Å². The van der Waals surface area contributed by atoms with Gasteiger partial charge in [0.05, 0.1) is 11.9 Å². The fourth-order valence-corrected chi connectivity index (χ4v) is 2.13. The van der Waals surface area contributed by atoms with E-state index in [9.17, 15) is 4.79 Å². The van der Waals surface area contributed by atoms with Crippen LogP contribution in [-0.2, 0) is 11.2 Å². The van der Waals surface area contributed by atoms with Gasteiger partial charge in [-0.2, -0.15) is 0 Å². The zero-order valence-corrected chi connectivity index (χ0v) is 13.8. The summed E-state index contributed by atoms with van der Waals surface area (Å²) in [7, 11) is 1.82. The fraction of sp³-hybridized carbons (Fsp3) is 0.333. The van der Waals surface area contributed by atoms with Crippen LogP contribution in [0.25, 0.3) is 0 Å². The molecule has 1 atom stereocenters. The topological polar surface area (TPSA) is 63.2 Å². The maximum Gasteiger partial charge on any atom is 0.228 e. The predicted octanol–water partition coefficient (Wildman–Crippen LogP) is 3.23. The predicted molar refractivity (Wildman–Crippen MR) is 91.9 cm³/mol. The molecule has 0 saturated carbocycles. The maximum atomic E-state index is 11.9. The lowest BCUT2D eigenvalue weighted by molar-refractivity contribution is -0.119. The van der Waals surface area contributed by atoms with Crippen LogP contribution in [0.4, 0.5) is 5.69 Å². The first-order valence-electron chi connectivity index (χ1n) is 7.80. The smallest absolute Gasteiger partial charge is 0.228 e. The lowest BCUT2D eigenvalue weighted by Crippen LogP contribution is -2.28. The first-order chi connectivity index (χ1) is 11.1. The van der Waals surface area contributed by atoms with E-state index >= 15 is 0 Å². The van der Waals surface area contributed by atoms with Crippen LogP contribution in [0, 0.1) is 5.92 Å². The van der Waals surface area contributed by atoms with E-state index in [-0.39, 0.29) is 11.8 Å². The minimum atomic E-state index is -0.104. The summed E-state index contributed by atoms with van der Waals surface area (Å²) in [6, 6.07) is 11.5. The van der Waals surface area contributed by atoms with Gasteiger partial charge >= 0.3 is 0 Å². The number of hydrogen-bond acceptors (Lipinski definition) is 4. The summed E-state index contributed by atoms with van der Waals surface area (Å²) in [6.07, 6.45) is 2.56. The van der Waals surface area contributed by atoms with Crippen molar-refractivity contribution in [3.05, 3.63) is 48.2 Å². The number of carbonyl (C=O) groups is 1. The molecule has 23 heavy (non-hydrogen) atoms. The third-order valence-corrected chi connectivity index (χ3v) is 3.49. The summed E-state index contributed by atoms with van der Waals surface area (Å²) in [5.41, 5.74) is 1.87. The van der Waals surface area contributed by atoms with E-state index < -0.39 is 0 Å². The molecule has 1 aromatic heterocycles. The molecule has 0 radical (unpaired) electrons. The van der Waals surface area contributed by atoms with Crippen molar-refractivity contribution in [1.29, 1.82) is 0 Å². The zero-order chi connectivity index (χ0) is 16.7. The van der Waals surface area contributed by atoms with Crippen molar-refractivity contribution in [3.8, 4) is 11.6 Å². The molecule has 2 N–H and O–H groups in total. The second kappa shape index (κ2) is 8.29. The molecule has 2 rings (SSSR count). The highest BCUT2D eigenvalue weighted by molar-refractivity contribution is 5.92. The number of carbonyl (C=O) groups excluding carboxylic acids is 1. The highest BCUT2D eigenvalue weighted by Crippen LogP contribution is 2.21. The molecule has 0 bridgehead atoms. The highest BCUT2D eigenvalue weighted by Gasteiger charge is 2.12. The number of hydrogen-bond donors (Lipinski definition) is 2. The average molecular weight is 313 g/mol. The van der Waals surface area contributed by atoms with Crippen molar-refractivity contribution >= 4 is 11.6 Å². The summed E-state index contributed by atoms with van der Waals surface area (Å²) in [5.74, 6) is 1.12. The third-order valence-electron chi connectivity index (χ3n) is 3.49. The largest absolute Gasteiger partial charge is 0.439 e. The maximum absolute atomic E-state index is 11.9. The second-order valence-corrected chi connectivity index (χ2v) is 5.44. The van der Waals surface area contributed by atoms with Crippen molar-refractivity contribution in [2.75, 3.05) is 18.9 Å². The Morgan fingerprint density at radius 1 is 1.30 bits per heavy atom. The number of ether oxygens (including phenoxy) is 1. The van der Waals surface area contributed by atoms with Crippen LogP contribution in [0.5, 0.6) is 11.6 Å². The molecule has 0 spiro atoms. The number of nitrogens with zero attached hydrogens (tertiary/aromatic N) is 1. The van der Waals surface area contributed by atoms with E-state index in [0.29, 0.717) is 18.1 Å². The minimum Gasteiger partial charge on any atom is -0.439 e. The molecule has 1 aromatic carbocycles. The number of rotatable bonds is 7. The quantitative estimate of drug-likeness (QED) is 0.824. The van der Waals surface area contributed by atoms with Crippen molar-refractivity contribution in [2.45, 2.75) is 20.3 Å². The van der Waals surface area contributed by atoms with Gasteiger partial charge in [-0.15, -0.1) is 0 Å². The van der Waals surface area contributed by atoms with Crippen LogP contribution in [0.1, 0.15) is 19.4 Å². The number of anilines is 1. The van der Waals surface area contributed by atoms with Gasteiger partial charge in [-0.25, -0.2) is 4.98 Å². The molecule has 1 unspecified atom stereocenters. The molecule has 0 saturated heterocycles. The van der Waals surface area contributed by atoms with Crippen LogP contribution in [0.3, 0.4) is 0 Å². The molecule has 0 aliphatic heterocycles. The number of benzene rings is 1. The van der Waals surface area contributed by atoms with Gasteiger partial charge in [0, 0.05) is 18.5 Å². The summed E-state index contributed by atoms with van der Waals surface area (Å²) in [6.45, 7) is 4.61. The van der Waals surface area contributed by atoms with E-state index in [1.165, 1.54) is 5.56 Å². The Labute approximate surface area is 137 Å². The minimum absolute atomic E-state index is 0.0366. The van der Waals surface area contributed by atoms with E-state index in [2.05, 4.69) is 28.6 Å². The second-order valence-electron chi connectivity index (χ2n) is 5.44. The van der Waals surface area contributed by atoms with Crippen molar-refractivity contribution < 1.29 is 9.53 Å². The van der Waals surface area contributed by atoms with Gasteiger partial charge in [0.1, 0.15) is 5.75 Å².